The molecule has 0 bridgehead atoms. The van der Waals surface area contributed by atoms with Crippen molar-refractivity contribution in [3.63, 3.8) is 0 Å². The molecule has 12 heavy (non-hydrogen) atoms. The van der Waals surface area contributed by atoms with Crippen LogP contribution in [0.2, 0.25) is 5.15 Å². The third-order valence-corrected chi connectivity index (χ3v) is 2.32. The molecule has 0 unspecified atom stereocenters. The number of anilines is 1. The van der Waals surface area contributed by atoms with Gasteiger partial charge in [0.2, 0.25) is 0 Å². The number of aromatic nitrogens is 2. The van der Waals surface area contributed by atoms with Crippen molar-refractivity contribution in [2.75, 3.05) is 5.32 Å². The Morgan fingerprint density at radius 3 is 2.92 bits per heavy atom. The summed E-state index contributed by atoms with van der Waals surface area (Å²) in [6.07, 6.45) is 3.96. The zero-order chi connectivity index (χ0) is 8.55. The molecule has 2 rings (SSSR count). The number of nitrogens with zero attached hydrogens (tertiary/aromatic N) is 2. The molecule has 1 N–H and O–H groups in total. The fourth-order valence-corrected chi connectivity index (χ4v) is 1.13. The Bertz CT molecular complexity index is 296. The van der Waals surface area contributed by atoms with E-state index >= 15 is 0 Å². The second-order valence-corrected chi connectivity index (χ2v) is 3.41. The highest BCUT2D eigenvalue weighted by Crippen LogP contribution is 2.26. The van der Waals surface area contributed by atoms with Crippen LogP contribution in [0.5, 0.6) is 0 Å². The average Bonchev–Trinajstić information content (AvgIpc) is 2.83. The molecule has 0 spiro atoms. The van der Waals surface area contributed by atoms with Crippen molar-refractivity contribution in [2.45, 2.75) is 25.8 Å². The Labute approximate surface area is 76.2 Å². The normalized spacial score (nSPS) is 16.2. The van der Waals surface area contributed by atoms with Crippen LogP contribution >= 0.6 is 11.6 Å². The van der Waals surface area contributed by atoms with Gasteiger partial charge in [-0.1, -0.05) is 11.6 Å². The third-order valence-electron chi connectivity index (χ3n) is 1.94. The number of rotatable bonds is 2. The van der Waals surface area contributed by atoms with Gasteiger partial charge in [0.25, 0.3) is 0 Å². The Hall–Kier alpha value is -0.830. The first-order valence-electron chi connectivity index (χ1n) is 4.01. The predicted molar refractivity (Wildman–Crippen MR) is 48.4 cm³/mol. The van der Waals surface area contributed by atoms with Crippen molar-refractivity contribution in [1.82, 2.24) is 9.97 Å². The van der Waals surface area contributed by atoms with Crippen LogP contribution in [0.15, 0.2) is 6.33 Å². The van der Waals surface area contributed by atoms with Crippen molar-refractivity contribution in [3.8, 4) is 0 Å². The summed E-state index contributed by atoms with van der Waals surface area (Å²) in [5.41, 5.74) is 0.936. The van der Waals surface area contributed by atoms with Crippen molar-refractivity contribution < 1.29 is 0 Å². The van der Waals surface area contributed by atoms with Gasteiger partial charge >= 0.3 is 0 Å². The van der Waals surface area contributed by atoms with Gasteiger partial charge < -0.3 is 5.32 Å². The maximum Gasteiger partial charge on any atom is 0.137 e. The SMILES string of the molecule is Cc1c(Cl)ncnc1NC1CC1. The van der Waals surface area contributed by atoms with Crippen molar-refractivity contribution in [1.29, 1.82) is 0 Å². The van der Waals surface area contributed by atoms with Crippen LogP contribution in [-0.4, -0.2) is 16.0 Å². The molecule has 1 fully saturated rings. The number of hydrogen-bond acceptors (Lipinski definition) is 3. The largest absolute Gasteiger partial charge is 0.367 e. The Balaban J connectivity index is 2.23. The first-order chi connectivity index (χ1) is 5.77. The second kappa shape index (κ2) is 2.90. The van der Waals surface area contributed by atoms with Crippen LogP contribution in [0, 0.1) is 6.92 Å². The van der Waals surface area contributed by atoms with Gasteiger partial charge in [0.15, 0.2) is 0 Å². The summed E-state index contributed by atoms with van der Waals surface area (Å²) in [4.78, 5) is 7.99. The number of hydrogen-bond donors (Lipinski definition) is 1. The fourth-order valence-electron chi connectivity index (χ4n) is 0.995. The Morgan fingerprint density at radius 2 is 2.25 bits per heavy atom. The molecule has 0 radical (unpaired) electrons. The lowest BCUT2D eigenvalue weighted by Crippen LogP contribution is -2.05. The summed E-state index contributed by atoms with van der Waals surface area (Å²) in [5.74, 6) is 0.873. The number of halogens is 1. The van der Waals surface area contributed by atoms with Crippen LogP contribution in [0.1, 0.15) is 18.4 Å². The van der Waals surface area contributed by atoms with Gasteiger partial charge in [0, 0.05) is 11.6 Å². The van der Waals surface area contributed by atoms with Gasteiger partial charge in [0.1, 0.15) is 17.3 Å². The molecule has 1 aromatic heterocycles. The van der Waals surface area contributed by atoms with E-state index in [-0.39, 0.29) is 0 Å². The fraction of sp³-hybridized carbons (Fsp3) is 0.500. The van der Waals surface area contributed by atoms with Gasteiger partial charge in [-0.05, 0) is 19.8 Å². The molecule has 0 aliphatic heterocycles. The van der Waals surface area contributed by atoms with E-state index in [4.69, 9.17) is 11.6 Å². The zero-order valence-corrected chi connectivity index (χ0v) is 7.60. The van der Waals surface area contributed by atoms with E-state index in [0.717, 1.165) is 11.4 Å². The first-order valence-corrected chi connectivity index (χ1v) is 4.39. The average molecular weight is 184 g/mol. The minimum Gasteiger partial charge on any atom is -0.367 e. The molecule has 0 amide bonds. The first kappa shape index (κ1) is 7.80. The minimum atomic E-state index is 0.535. The quantitative estimate of drug-likeness (QED) is 0.713. The summed E-state index contributed by atoms with van der Waals surface area (Å²) < 4.78 is 0. The molecule has 1 saturated carbocycles. The molecule has 0 atom stereocenters. The topological polar surface area (TPSA) is 37.8 Å². The lowest BCUT2D eigenvalue weighted by molar-refractivity contribution is 1.06. The van der Waals surface area contributed by atoms with Gasteiger partial charge in [-0.3, -0.25) is 0 Å². The summed E-state index contributed by atoms with van der Waals surface area (Å²) >= 11 is 5.83. The standard InChI is InChI=1S/C8H10ClN3/c1-5-7(9)10-4-11-8(5)12-6-2-3-6/h4,6H,2-3H2,1H3,(H,10,11,12). The van der Waals surface area contributed by atoms with Gasteiger partial charge in [-0.25, -0.2) is 9.97 Å². The molecule has 1 aliphatic carbocycles. The number of nitrogens with one attached hydrogen (secondary N) is 1. The predicted octanol–water partition coefficient (Wildman–Crippen LogP) is 2.01. The third kappa shape index (κ3) is 1.50. The summed E-state index contributed by atoms with van der Waals surface area (Å²) in [6.45, 7) is 1.92. The maximum absolute atomic E-state index is 5.83. The van der Waals surface area contributed by atoms with Crippen LogP contribution < -0.4 is 5.32 Å². The molecular weight excluding hydrogens is 174 g/mol. The van der Waals surface area contributed by atoms with Crippen molar-refractivity contribution in [2.24, 2.45) is 0 Å². The molecule has 64 valence electrons. The molecule has 1 aliphatic rings. The zero-order valence-electron chi connectivity index (χ0n) is 6.84. The lowest BCUT2D eigenvalue weighted by Gasteiger charge is -2.06. The highest BCUT2D eigenvalue weighted by molar-refractivity contribution is 6.30. The molecule has 0 aromatic carbocycles. The minimum absolute atomic E-state index is 0.535. The summed E-state index contributed by atoms with van der Waals surface area (Å²) in [5, 5.41) is 3.82. The Morgan fingerprint density at radius 1 is 1.50 bits per heavy atom. The molecule has 1 aromatic rings. The second-order valence-electron chi connectivity index (χ2n) is 3.06. The smallest absolute Gasteiger partial charge is 0.137 e. The summed E-state index contributed by atoms with van der Waals surface area (Å²) in [7, 11) is 0. The molecule has 1 heterocycles. The van der Waals surface area contributed by atoms with E-state index in [1.807, 2.05) is 6.92 Å². The van der Waals surface area contributed by atoms with E-state index in [9.17, 15) is 0 Å². The van der Waals surface area contributed by atoms with Crippen molar-refractivity contribution >= 4 is 17.4 Å². The van der Waals surface area contributed by atoms with E-state index in [0.29, 0.717) is 11.2 Å². The Kier molecular flexibility index (Phi) is 1.89. The lowest BCUT2D eigenvalue weighted by atomic mass is 10.3. The highest BCUT2D eigenvalue weighted by Gasteiger charge is 2.22. The van der Waals surface area contributed by atoms with Crippen molar-refractivity contribution in [3.05, 3.63) is 17.0 Å². The van der Waals surface area contributed by atoms with E-state index < -0.39 is 0 Å². The highest BCUT2D eigenvalue weighted by atomic mass is 35.5. The molecular formula is C8H10ClN3. The van der Waals surface area contributed by atoms with Crippen LogP contribution in [0.3, 0.4) is 0 Å². The summed E-state index contributed by atoms with van der Waals surface area (Å²) in [6, 6.07) is 0.606. The maximum atomic E-state index is 5.83. The van der Waals surface area contributed by atoms with Crippen LogP contribution in [0.25, 0.3) is 0 Å². The van der Waals surface area contributed by atoms with Crippen LogP contribution in [0.4, 0.5) is 5.82 Å². The van der Waals surface area contributed by atoms with E-state index in [2.05, 4.69) is 15.3 Å². The molecule has 3 nitrogen and oxygen atoms in total. The molecule has 4 heteroatoms. The van der Waals surface area contributed by atoms with E-state index in [1.54, 1.807) is 0 Å². The van der Waals surface area contributed by atoms with Gasteiger partial charge in [0.05, 0.1) is 0 Å². The molecule has 0 saturated heterocycles. The van der Waals surface area contributed by atoms with Gasteiger partial charge in [-0.15, -0.1) is 0 Å². The van der Waals surface area contributed by atoms with Crippen LogP contribution in [-0.2, 0) is 0 Å². The van der Waals surface area contributed by atoms with E-state index in [1.165, 1.54) is 19.2 Å². The van der Waals surface area contributed by atoms with Gasteiger partial charge in [-0.2, -0.15) is 0 Å². The monoisotopic (exact) mass is 183 g/mol.